The summed E-state index contributed by atoms with van der Waals surface area (Å²) >= 11 is 0. The summed E-state index contributed by atoms with van der Waals surface area (Å²) in [6, 6.07) is 8.87. The molecule has 2 fully saturated rings. The second-order valence-electron chi connectivity index (χ2n) is 12.6. The third-order valence-corrected chi connectivity index (χ3v) is 11.2. The predicted molar refractivity (Wildman–Crippen MR) is 162 cm³/mol. The van der Waals surface area contributed by atoms with Crippen molar-refractivity contribution in [2.24, 2.45) is 29.6 Å². The van der Waals surface area contributed by atoms with Crippen LogP contribution in [0.25, 0.3) is 0 Å². The van der Waals surface area contributed by atoms with E-state index in [9.17, 15) is 8.42 Å². The van der Waals surface area contributed by atoms with Crippen LogP contribution in [0.3, 0.4) is 0 Å². The van der Waals surface area contributed by atoms with Crippen LogP contribution in [0.4, 0.5) is 0 Å². The predicted octanol–water partition coefficient (Wildman–Crippen LogP) is 8.24. The van der Waals surface area contributed by atoms with Crippen LogP contribution in [0.5, 0.6) is 0 Å². The zero-order valence-electron chi connectivity index (χ0n) is 25.8. The SMILES string of the molecule is C=C1C[C@H](C)OC1CC[CH-]C[C@@H](C)C(=C)[C@H](C)C[C@@H]1OC(CC(C)CC)[C@H](C)[C@H]1CS(=O)(=O)c1ccccc1.[U]. The molecule has 2 heterocycles. The second-order valence-corrected chi connectivity index (χ2v) is 14.6. The molecule has 1 aromatic carbocycles. The van der Waals surface area contributed by atoms with E-state index >= 15 is 0 Å². The Labute approximate surface area is 269 Å². The van der Waals surface area contributed by atoms with E-state index < -0.39 is 9.84 Å². The molecule has 0 N–H and O–H groups in total. The van der Waals surface area contributed by atoms with Crippen molar-refractivity contribution >= 4 is 9.84 Å². The van der Waals surface area contributed by atoms with Crippen molar-refractivity contribution in [3.05, 3.63) is 61.1 Å². The van der Waals surface area contributed by atoms with Gasteiger partial charge in [0.2, 0.25) is 0 Å². The molecule has 0 spiro atoms. The van der Waals surface area contributed by atoms with Crippen LogP contribution in [0, 0.1) is 67.1 Å². The van der Waals surface area contributed by atoms with Crippen molar-refractivity contribution in [2.75, 3.05) is 5.75 Å². The van der Waals surface area contributed by atoms with Gasteiger partial charge in [-0.2, -0.15) is 12.8 Å². The first-order valence-electron chi connectivity index (χ1n) is 15.2. The minimum atomic E-state index is -3.39. The molecule has 2 saturated heterocycles. The summed E-state index contributed by atoms with van der Waals surface area (Å²) in [4.78, 5) is 0.406. The van der Waals surface area contributed by atoms with Crippen molar-refractivity contribution in [3.8, 4) is 0 Å². The first-order chi connectivity index (χ1) is 18.4. The van der Waals surface area contributed by atoms with Gasteiger partial charge in [0, 0.05) is 37.0 Å². The van der Waals surface area contributed by atoms with E-state index in [0.29, 0.717) is 22.8 Å². The van der Waals surface area contributed by atoms with E-state index in [1.165, 1.54) is 11.1 Å². The van der Waals surface area contributed by atoms with Gasteiger partial charge in [-0.3, -0.25) is 0 Å². The molecule has 3 rings (SSSR count). The summed E-state index contributed by atoms with van der Waals surface area (Å²) < 4.78 is 39.4. The van der Waals surface area contributed by atoms with Gasteiger partial charge < -0.3 is 15.9 Å². The molecule has 1 aromatic rings. The van der Waals surface area contributed by atoms with Crippen molar-refractivity contribution in [2.45, 2.75) is 116 Å². The van der Waals surface area contributed by atoms with Gasteiger partial charge in [0.25, 0.3) is 0 Å². The zero-order chi connectivity index (χ0) is 28.7. The molecule has 0 radical (unpaired) electrons. The third kappa shape index (κ3) is 9.84. The summed E-state index contributed by atoms with van der Waals surface area (Å²) in [5.74, 6) is 1.49. The number of allylic oxidation sites excluding steroid dienone is 1. The molecule has 9 atom stereocenters. The van der Waals surface area contributed by atoms with Crippen molar-refractivity contribution in [3.63, 3.8) is 0 Å². The Morgan fingerprint density at radius 3 is 2.33 bits per heavy atom. The van der Waals surface area contributed by atoms with Crippen LogP contribution in [-0.4, -0.2) is 38.6 Å². The Bertz CT molecular complexity index is 1040. The molecule has 0 bridgehead atoms. The number of hydrogen-bond donors (Lipinski definition) is 0. The number of unbranched alkanes of at least 4 members (excludes halogenated alkanes) is 1. The van der Waals surface area contributed by atoms with E-state index in [4.69, 9.17) is 9.47 Å². The average molecular weight is 796 g/mol. The number of hydrogen-bond acceptors (Lipinski definition) is 4. The van der Waals surface area contributed by atoms with Crippen LogP contribution in [0.15, 0.2) is 59.5 Å². The van der Waals surface area contributed by atoms with Crippen LogP contribution in [0.2, 0.25) is 0 Å². The average Bonchev–Trinajstić information content (AvgIpc) is 3.37. The van der Waals surface area contributed by atoms with Gasteiger partial charge in [-0.15, -0.1) is 0 Å². The quantitative estimate of drug-likeness (QED) is 0.102. The van der Waals surface area contributed by atoms with E-state index in [2.05, 4.69) is 61.1 Å². The van der Waals surface area contributed by atoms with Gasteiger partial charge in [-0.05, 0) is 68.1 Å². The number of rotatable bonds is 15. The topological polar surface area (TPSA) is 52.6 Å². The molecule has 3 unspecified atom stereocenters. The largest absolute Gasteiger partial charge is 0.374 e. The van der Waals surface area contributed by atoms with E-state index in [0.717, 1.165) is 44.9 Å². The Morgan fingerprint density at radius 1 is 1.05 bits per heavy atom. The normalized spacial score (nSPS) is 29.1. The number of benzene rings is 1. The molecule has 2 aliphatic heterocycles. The van der Waals surface area contributed by atoms with Gasteiger partial charge in [-0.1, -0.05) is 83.9 Å². The number of sulfone groups is 1. The maximum atomic E-state index is 13.4. The van der Waals surface area contributed by atoms with E-state index in [-0.39, 0.29) is 72.9 Å². The fraction of sp³-hybridized carbons (Fsp3) is 0.676. The van der Waals surface area contributed by atoms with Gasteiger partial charge in [-0.25, -0.2) is 8.42 Å². The minimum Gasteiger partial charge on any atom is -0.374 e. The van der Waals surface area contributed by atoms with Crippen molar-refractivity contribution in [1.82, 2.24) is 0 Å². The summed E-state index contributed by atoms with van der Waals surface area (Å²) in [5.41, 5.74) is 2.45. The summed E-state index contributed by atoms with van der Waals surface area (Å²) in [6.45, 7) is 21.9. The van der Waals surface area contributed by atoms with Crippen LogP contribution >= 0.6 is 0 Å². The Balaban J connectivity index is 0.00000560. The van der Waals surface area contributed by atoms with Crippen molar-refractivity contribution in [1.29, 1.82) is 0 Å². The molecule has 2 aliphatic rings. The van der Waals surface area contributed by atoms with Gasteiger partial charge in [0.05, 0.1) is 35.1 Å². The molecule has 40 heavy (non-hydrogen) atoms. The second kappa shape index (κ2) is 16.5. The first-order valence-corrected chi connectivity index (χ1v) is 16.8. The maximum Gasteiger partial charge on any atom is 0.178 e. The molecular weight excluding hydrogens is 742 g/mol. The van der Waals surface area contributed by atoms with Gasteiger partial charge >= 0.3 is 0 Å². The van der Waals surface area contributed by atoms with Gasteiger partial charge in [0.15, 0.2) is 9.84 Å². The van der Waals surface area contributed by atoms with Crippen LogP contribution in [-0.2, 0) is 19.3 Å². The van der Waals surface area contributed by atoms with Crippen molar-refractivity contribution < 1.29 is 49.0 Å². The first kappa shape index (κ1) is 35.8. The molecule has 6 heteroatoms. The molecular formula is C34H53O4SU-. The van der Waals surface area contributed by atoms with E-state index in [1.54, 1.807) is 24.3 Å². The summed E-state index contributed by atoms with van der Waals surface area (Å²) in [6.07, 6.45) is 9.75. The van der Waals surface area contributed by atoms with E-state index in [1.807, 2.05) is 6.07 Å². The monoisotopic (exact) mass is 795 g/mol. The molecule has 4 nitrogen and oxygen atoms in total. The molecule has 224 valence electrons. The fourth-order valence-corrected chi connectivity index (χ4v) is 8.12. The maximum absolute atomic E-state index is 13.4. The zero-order valence-corrected chi connectivity index (χ0v) is 30.8. The Morgan fingerprint density at radius 2 is 1.73 bits per heavy atom. The molecule has 0 saturated carbocycles. The fourth-order valence-electron chi connectivity index (χ4n) is 6.34. The van der Waals surface area contributed by atoms with Crippen LogP contribution in [0.1, 0.15) is 86.5 Å². The molecule has 0 amide bonds. The molecule has 0 aromatic heterocycles. The molecule has 0 aliphatic carbocycles. The standard InChI is InChI=1S/C34H53O4S.U/c1-9-23(2)19-33-29(8)31(22-39(35,36)30-16-11-10-12-17-30)34(38-33)21-25(4)28(7)24(3)15-13-14-18-32-26(5)20-27(6)37-32;/h10-13,16-17,23-25,27,29,31-34H,5,7,9,14-15,18-22H2,1-4,6,8H3;/q-1;/t23?,24-,25-,27+,29-,31-,32?,33?,34+;/m1./s1. The summed E-state index contributed by atoms with van der Waals surface area (Å²) in [5, 5.41) is 0. The Kier molecular flexibility index (Phi) is 14.7. The number of ether oxygens (including phenoxy) is 2. The third-order valence-electron chi connectivity index (χ3n) is 9.34. The summed E-state index contributed by atoms with van der Waals surface area (Å²) in [7, 11) is -3.39. The Hall–Kier alpha value is -0.378. The smallest absolute Gasteiger partial charge is 0.178 e. The van der Waals surface area contributed by atoms with Crippen LogP contribution < -0.4 is 0 Å². The van der Waals surface area contributed by atoms with Gasteiger partial charge in [0.1, 0.15) is 0 Å². The minimum absolute atomic E-state index is 0.